The maximum Gasteiger partial charge on any atom is 0.163 e. The molecule has 0 aliphatic heterocycles. The molecule has 0 atom stereocenters. The summed E-state index contributed by atoms with van der Waals surface area (Å²) >= 11 is 3.40. The van der Waals surface area contributed by atoms with Gasteiger partial charge in [-0.25, -0.2) is 4.68 Å². The Morgan fingerprint density at radius 2 is 2.13 bits per heavy atom. The van der Waals surface area contributed by atoms with Gasteiger partial charge < -0.3 is 5.73 Å². The Bertz CT molecular complexity index is 539. The van der Waals surface area contributed by atoms with Gasteiger partial charge in [-0.15, -0.1) is 5.10 Å². The molecule has 0 spiro atoms. The Balaban J connectivity index is 2.56. The third-order valence-corrected chi connectivity index (χ3v) is 2.63. The fourth-order valence-electron chi connectivity index (χ4n) is 1.23. The van der Waals surface area contributed by atoms with Crippen molar-refractivity contribution in [2.24, 2.45) is 0 Å². The smallest absolute Gasteiger partial charge is 0.163 e. The number of anilines is 1. The molecule has 0 saturated carbocycles. The van der Waals surface area contributed by atoms with Crippen molar-refractivity contribution < 1.29 is 0 Å². The number of aromatic nitrogens is 2. The van der Waals surface area contributed by atoms with Crippen molar-refractivity contribution in [3.8, 4) is 11.8 Å². The predicted octanol–water partition coefficient (Wildman–Crippen LogP) is 2.09. The highest BCUT2D eigenvalue weighted by Crippen LogP contribution is 2.21. The van der Waals surface area contributed by atoms with Crippen molar-refractivity contribution in [1.82, 2.24) is 9.78 Å². The summed E-state index contributed by atoms with van der Waals surface area (Å²) in [5.41, 5.74) is 6.80. The van der Waals surface area contributed by atoms with Crippen molar-refractivity contribution >= 4 is 21.7 Å². The van der Waals surface area contributed by atoms with Gasteiger partial charge in [0.05, 0.1) is 11.9 Å². The van der Waals surface area contributed by atoms with Crippen LogP contribution in [0.15, 0.2) is 34.9 Å². The van der Waals surface area contributed by atoms with Gasteiger partial charge in [0.25, 0.3) is 0 Å². The first kappa shape index (κ1) is 9.74. The van der Waals surface area contributed by atoms with Gasteiger partial charge >= 0.3 is 0 Å². The van der Waals surface area contributed by atoms with Crippen molar-refractivity contribution in [3.05, 3.63) is 40.5 Å². The molecule has 0 aliphatic rings. The predicted molar refractivity (Wildman–Crippen MR) is 60.4 cm³/mol. The lowest BCUT2D eigenvalue weighted by atomic mass is 10.3. The van der Waals surface area contributed by atoms with Crippen molar-refractivity contribution in [2.75, 3.05) is 5.73 Å². The molecule has 1 aromatic carbocycles. The van der Waals surface area contributed by atoms with Crippen LogP contribution in [-0.2, 0) is 0 Å². The minimum absolute atomic E-state index is 0.244. The molecule has 15 heavy (non-hydrogen) atoms. The number of hydrogen-bond donors (Lipinski definition) is 1. The summed E-state index contributed by atoms with van der Waals surface area (Å²) in [5.74, 6) is 0.244. The number of hydrogen-bond acceptors (Lipinski definition) is 3. The van der Waals surface area contributed by atoms with Crippen LogP contribution in [0.3, 0.4) is 0 Å². The SMILES string of the molecule is N#Cc1cn(-c2ccccc2Br)nc1N. The third kappa shape index (κ3) is 1.72. The normalized spacial score (nSPS) is 9.87. The first-order valence-electron chi connectivity index (χ1n) is 4.22. The Morgan fingerprint density at radius 3 is 2.73 bits per heavy atom. The second kappa shape index (κ2) is 3.75. The van der Waals surface area contributed by atoms with Crippen molar-refractivity contribution in [1.29, 1.82) is 5.26 Å². The maximum absolute atomic E-state index is 8.75. The van der Waals surface area contributed by atoms with Crippen LogP contribution >= 0.6 is 15.9 Å². The standard InChI is InChI=1S/C10H7BrN4/c11-8-3-1-2-4-9(8)15-6-7(5-12)10(13)14-15/h1-4,6H,(H2,13,14). The number of para-hydroxylation sites is 1. The molecule has 0 fully saturated rings. The Morgan fingerprint density at radius 1 is 1.40 bits per heavy atom. The molecule has 4 nitrogen and oxygen atoms in total. The van der Waals surface area contributed by atoms with E-state index in [4.69, 9.17) is 11.0 Å². The molecule has 0 amide bonds. The average molecular weight is 263 g/mol. The van der Waals surface area contributed by atoms with E-state index in [1.54, 1.807) is 10.9 Å². The minimum Gasteiger partial charge on any atom is -0.381 e. The van der Waals surface area contributed by atoms with Crippen molar-refractivity contribution in [2.45, 2.75) is 0 Å². The van der Waals surface area contributed by atoms with Gasteiger partial charge in [0.1, 0.15) is 11.6 Å². The van der Waals surface area contributed by atoms with E-state index in [1.165, 1.54) is 0 Å². The van der Waals surface area contributed by atoms with Gasteiger partial charge in [-0.05, 0) is 28.1 Å². The Hall–Kier alpha value is -1.80. The zero-order valence-electron chi connectivity index (χ0n) is 7.68. The van der Waals surface area contributed by atoms with Crippen LogP contribution in [0.2, 0.25) is 0 Å². The number of nitrogen functional groups attached to an aromatic ring is 1. The van der Waals surface area contributed by atoms with Gasteiger partial charge in [0, 0.05) is 4.47 Å². The zero-order valence-corrected chi connectivity index (χ0v) is 9.27. The minimum atomic E-state index is 0.244. The highest BCUT2D eigenvalue weighted by molar-refractivity contribution is 9.10. The lowest BCUT2D eigenvalue weighted by molar-refractivity contribution is 0.881. The van der Waals surface area contributed by atoms with E-state index < -0.39 is 0 Å². The van der Waals surface area contributed by atoms with Crippen LogP contribution in [0, 0.1) is 11.3 Å². The van der Waals surface area contributed by atoms with Gasteiger partial charge in [0.15, 0.2) is 5.82 Å². The fraction of sp³-hybridized carbons (Fsp3) is 0. The van der Waals surface area contributed by atoms with E-state index in [-0.39, 0.29) is 5.82 Å². The summed E-state index contributed by atoms with van der Waals surface area (Å²) in [6, 6.07) is 9.57. The molecular weight excluding hydrogens is 256 g/mol. The molecule has 0 saturated heterocycles. The molecule has 2 N–H and O–H groups in total. The number of benzene rings is 1. The number of rotatable bonds is 1. The molecule has 5 heteroatoms. The summed E-state index contributed by atoms with van der Waals surface area (Å²) in [6.07, 6.45) is 1.61. The first-order chi connectivity index (χ1) is 7.22. The number of nitriles is 1. The Labute approximate surface area is 95.1 Å². The zero-order chi connectivity index (χ0) is 10.8. The van der Waals surface area contributed by atoms with E-state index in [0.717, 1.165) is 10.2 Å². The molecule has 0 aliphatic carbocycles. The molecule has 2 aromatic rings. The molecule has 2 rings (SSSR count). The second-order valence-corrected chi connectivity index (χ2v) is 3.79. The third-order valence-electron chi connectivity index (χ3n) is 1.96. The molecule has 1 aromatic heterocycles. The van der Waals surface area contributed by atoms with E-state index in [9.17, 15) is 0 Å². The largest absolute Gasteiger partial charge is 0.381 e. The number of halogens is 1. The van der Waals surface area contributed by atoms with Crippen LogP contribution in [0.25, 0.3) is 5.69 Å². The van der Waals surface area contributed by atoms with E-state index in [0.29, 0.717) is 5.56 Å². The lowest BCUT2D eigenvalue weighted by Crippen LogP contribution is -1.96. The summed E-state index contributed by atoms with van der Waals surface area (Å²) in [5, 5.41) is 12.8. The first-order valence-corrected chi connectivity index (χ1v) is 5.02. The molecule has 1 heterocycles. The maximum atomic E-state index is 8.75. The average Bonchev–Trinajstić information content (AvgIpc) is 2.60. The van der Waals surface area contributed by atoms with Crippen LogP contribution in [-0.4, -0.2) is 9.78 Å². The summed E-state index contributed by atoms with van der Waals surface area (Å²) < 4.78 is 2.48. The van der Waals surface area contributed by atoms with Crippen LogP contribution < -0.4 is 5.73 Å². The van der Waals surface area contributed by atoms with Gasteiger partial charge in [-0.2, -0.15) is 5.26 Å². The molecule has 0 radical (unpaired) electrons. The number of nitrogens with two attached hydrogens (primary N) is 1. The topological polar surface area (TPSA) is 67.6 Å². The molecular formula is C10H7BrN4. The fourth-order valence-corrected chi connectivity index (χ4v) is 1.70. The van der Waals surface area contributed by atoms with Crippen molar-refractivity contribution in [3.63, 3.8) is 0 Å². The number of nitrogens with zero attached hydrogens (tertiary/aromatic N) is 3. The van der Waals surface area contributed by atoms with E-state index in [2.05, 4.69) is 21.0 Å². The van der Waals surface area contributed by atoms with Gasteiger partial charge in [0.2, 0.25) is 0 Å². The molecule has 0 bridgehead atoms. The van der Waals surface area contributed by atoms with Crippen LogP contribution in [0.1, 0.15) is 5.56 Å². The summed E-state index contributed by atoms with van der Waals surface area (Å²) in [6.45, 7) is 0. The molecule has 74 valence electrons. The van der Waals surface area contributed by atoms with E-state index in [1.807, 2.05) is 30.3 Å². The Kier molecular flexibility index (Phi) is 2.44. The lowest BCUT2D eigenvalue weighted by Gasteiger charge is -2.02. The monoisotopic (exact) mass is 262 g/mol. The molecule has 0 unspecified atom stereocenters. The highest BCUT2D eigenvalue weighted by Gasteiger charge is 2.07. The van der Waals surface area contributed by atoms with Crippen LogP contribution in [0.4, 0.5) is 5.82 Å². The highest BCUT2D eigenvalue weighted by atomic mass is 79.9. The quantitative estimate of drug-likeness (QED) is 0.856. The second-order valence-electron chi connectivity index (χ2n) is 2.94. The summed E-state index contributed by atoms with van der Waals surface area (Å²) in [4.78, 5) is 0. The van der Waals surface area contributed by atoms with Gasteiger partial charge in [-0.3, -0.25) is 0 Å². The van der Waals surface area contributed by atoms with Gasteiger partial charge in [-0.1, -0.05) is 12.1 Å². The van der Waals surface area contributed by atoms with E-state index >= 15 is 0 Å². The van der Waals surface area contributed by atoms with Crippen LogP contribution in [0.5, 0.6) is 0 Å². The summed E-state index contributed by atoms with van der Waals surface area (Å²) in [7, 11) is 0.